The standard InChI is InChI=1S/C23H22N2O6S/c1-16-4-8-18(9-5-16)15-31-23-21(25(26)27)12-19(13-22(23)30-3)14-24-32(28,29)20-10-6-17(2)7-11-20/h4-14H,15H2,1-3H3/b24-14-. The molecule has 0 atom stereocenters. The minimum atomic E-state index is -3.96. The highest BCUT2D eigenvalue weighted by Crippen LogP contribution is 2.38. The average molecular weight is 455 g/mol. The summed E-state index contributed by atoms with van der Waals surface area (Å²) in [6.45, 7) is 3.90. The molecule has 8 nitrogen and oxygen atoms in total. The lowest BCUT2D eigenvalue weighted by Crippen LogP contribution is -2.03. The first-order valence-corrected chi connectivity index (χ1v) is 11.1. The van der Waals surface area contributed by atoms with E-state index < -0.39 is 14.9 Å². The zero-order valence-electron chi connectivity index (χ0n) is 17.8. The Morgan fingerprint density at radius 2 is 1.59 bits per heavy atom. The predicted octanol–water partition coefficient (Wildman–Crippen LogP) is 4.61. The van der Waals surface area contributed by atoms with Crippen LogP contribution in [0.1, 0.15) is 22.3 Å². The zero-order chi connectivity index (χ0) is 23.3. The molecule has 3 aromatic carbocycles. The van der Waals surface area contributed by atoms with Crippen LogP contribution in [0.2, 0.25) is 0 Å². The van der Waals surface area contributed by atoms with Crippen molar-refractivity contribution in [3.8, 4) is 11.5 Å². The summed E-state index contributed by atoms with van der Waals surface area (Å²) in [6, 6.07) is 16.4. The monoisotopic (exact) mass is 454 g/mol. The molecule has 0 radical (unpaired) electrons. The SMILES string of the molecule is COc1cc(/C=N\S(=O)(=O)c2ccc(C)cc2)cc([N+](=O)[O-])c1OCc1ccc(C)cc1. The minimum absolute atomic E-state index is 0.0267. The van der Waals surface area contributed by atoms with Gasteiger partial charge in [0.1, 0.15) is 6.61 Å². The molecule has 9 heteroatoms. The molecule has 3 rings (SSSR count). The van der Waals surface area contributed by atoms with Crippen molar-refractivity contribution in [1.82, 2.24) is 0 Å². The number of aryl methyl sites for hydroxylation is 2. The fourth-order valence-corrected chi connectivity index (χ4v) is 3.72. The third-order valence-corrected chi connectivity index (χ3v) is 5.89. The van der Waals surface area contributed by atoms with Crippen LogP contribution in [0.15, 0.2) is 70.0 Å². The Bertz CT molecular complexity index is 1250. The zero-order valence-corrected chi connectivity index (χ0v) is 18.6. The van der Waals surface area contributed by atoms with Gasteiger partial charge in [-0.3, -0.25) is 10.1 Å². The van der Waals surface area contributed by atoms with Crippen LogP contribution in [0.4, 0.5) is 5.69 Å². The molecule has 0 saturated heterocycles. The summed E-state index contributed by atoms with van der Waals surface area (Å²) in [7, 11) is -2.61. The lowest BCUT2D eigenvalue weighted by molar-refractivity contribution is -0.386. The van der Waals surface area contributed by atoms with Crippen molar-refractivity contribution in [2.45, 2.75) is 25.3 Å². The second-order valence-corrected chi connectivity index (χ2v) is 8.76. The van der Waals surface area contributed by atoms with Crippen LogP contribution in [0.5, 0.6) is 11.5 Å². The van der Waals surface area contributed by atoms with Gasteiger partial charge in [0.2, 0.25) is 5.75 Å². The summed E-state index contributed by atoms with van der Waals surface area (Å²) < 4.78 is 39.5. The molecule has 0 aliphatic heterocycles. The first kappa shape index (κ1) is 23.0. The van der Waals surface area contributed by atoms with Gasteiger partial charge in [-0.25, -0.2) is 0 Å². The maximum Gasteiger partial charge on any atom is 0.315 e. The van der Waals surface area contributed by atoms with E-state index in [1.165, 1.54) is 31.4 Å². The largest absolute Gasteiger partial charge is 0.493 e. The van der Waals surface area contributed by atoms with Gasteiger partial charge in [-0.05, 0) is 37.6 Å². The van der Waals surface area contributed by atoms with E-state index in [0.29, 0.717) is 0 Å². The van der Waals surface area contributed by atoms with Crippen LogP contribution in [-0.4, -0.2) is 26.7 Å². The summed E-state index contributed by atoms with van der Waals surface area (Å²) >= 11 is 0. The smallest absolute Gasteiger partial charge is 0.315 e. The maximum atomic E-state index is 12.5. The van der Waals surface area contributed by atoms with E-state index in [2.05, 4.69) is 4.40 Å². The van der Waals surface area contributed by atoms with Gasteiger partial charge in [0, 0.05) is 17.8 Å². The van der Waals surface area contributed by atoms with E-state index in [4.69, 9.17) is 9.47 Å². The average Bonchev–Trinajstić information content (AvgIpc) is 2.77. The van der Waals surface area contributed by atoms with Gasteiger partial charge in [0.15, 0.2) is 5.75 Å². The molecule has 0 aliphatic carbocycles. The van der Waals surface area contributed by atoms with Crippen LogP contribution >= 0.6 is 0 Å². The van der Waals surface area contributed by atoms with Crippen LogP contribution < -0.4 is 9.47 Å². The highest BCUT2D eigenvalue weighted by molar-refractivity contribution is 7.90. The number of sulfonamides is 1. The molecule has 0 amide bonds. The van der Waals surface area contributed by atoms with E-state index in [0.717, 1.165) is 22.9 Å². The Hall–Kier alpha value is -3.72. The maximum absolute atomic E-state index is 12.5. The molecule has 0 saturated carbocycles. The Labute approximate surface area is 186 Å². The van der Waals surface area contributed by atoms with Gasteiger partial charge in [-0.1, -0.05) is 47.5 Å². The Morgan fingerprint density at radius 1 is 1.00 bits per heavy atom. The highest BCUT2D eigenvalue weighted by Gasteiger charge is 2.22. The van der Waals surface area contributed by atoms with Crippen LogP contribution in [0.25, 0.3) is 0 Å². The second kappa shape index (κ2) is 9.61. The summed E-state index contributed by atoms with van der Waals surface area (Å²) in [4.78, 5) is 11.1. The molecule has 0 fully saturated rings. The molecule has 3 aromatic rings. The van der Waals surface area contributed by atoms with Crippen molar-refractivity contribution in [1.29, 1.82) is 0 Å². The van der Waals surface area contributed by atoms with E-state index in [1.807, 2.05) is 38.1 Å². The first-order valence-electron chi connectivity index (χ1n) is 9.61. The summed E-state index contributed by atoms with van der Waals surface area (Å²) in [5, 5.41) is 11.7. The fraction of sp³-hybridized carbons (Fsp3) is 0.174. The third-order valence-electron chi connectivity index (χ3n) is 4.64. The van der Waals surface area contributed by atoms with E-state index >= 15 is 0 Å². The lowest BCUT2D eigenvalue weighted by atomic mass is 10.1. The molecule has 0 unspecified atom stereocenters. The van der Waals surface area contributed by atoms with Crippen molar-refractivity contribution in [3.05, 3.63) is 93.0 Å². The predicted molar refractivity (Wildman–Crippen MR) is 121 cm³/mol. The molecule has 0 heterocycles. The van der Waals surface area contributed by atoms with Gasteiger partial charge in [-0.15, -0.1) is 0 Å². The number of benzene rings is 3. The molecular formula is C23H22N2O6S. The number of hydrogen-bond donors (Lipinski definition) is 0. The minimum Gasteiger partial charge on any atom is -0.493 e. The van der Waals surface area contributed by atoms with Gasteiger partial charge < -0.3 is 9.47 Å². The molecule has 0 aliphatic rings. The molecule has 32 heavy (non-hydrogen) atoms. The van der Waals surface area contributed by atoms with Crippen molar-refractivity contribution in [2.75, 3.05) is 7.11 Å². The summed E-state index contributed by atoms with van der Waals surface area (Å²) in [5.41, 5.74) is 2.66. The number of nitro groups is 1. The molecule has 0 aromatic heterocycles. The van der Waals surface area contributed by atoms with Crippen molar-refractivity contribution in [2.24, 2.45) is 4.40 Å². The van der Waals surface area contributed by atoms with Crippen molar-refractivity contribution in [3.63, 3.8) is 0 Å². The Balaban J connectivity index is 1.91. The van der Waals surface area contributed by atoms with E-state index in [1.54, 1.807) is 12.1 Å². The molecular weight excluding hydrogens is 432 g/mol. The number of nitrogens with zero attached hydrogens (tertiary/aromatic N) is 2. The van der Waals surface area contributed by atoms with Crippen molar-refractivity contribution < 1.29 is 22.8 Å². The second-order valence-electron chi connectivity index (χ2n) is 7.13. The Morgan fingerprint density at radius 3 is 2.16 bits per heavy atom. The normalized spacial score (nSPS) is 11.5. The quantitative estimate of drug-likeness (QED) is 0.279. The lowest BCUT2D eigenvalue weighted by Gasteiger charge is -2.12. The van der Waals surface area contributed by atoms with E-state index in [-0.39, 0.29) is 34.3 Å². The number of ether oxygens (including phenoxy) is 2. The summed E-state index contributed by atoms with van der Waals surface area (Å²) in [5.74, 6) is 0.0529. The van der Waals surface area contributed by atoms with Crippen LogP contribution in [0, 0.1) is 24.0 Å². The van der Waals surface area contributed by atoms with Crippen LogP contribution in [0.3, 0.4) is 0 Å². The molecule has 0 N–H and O–H groups in total. The molecule has 0 bridgehead atoms. The fourth-order valence-electron chi connectivity index (χ4n) is 2.86. The first-order chi connectivity index (χ1) is 15.2. The topological polar surface area (TPSA) is 108 Å². The molecule has 166 valence electrons. The van der Waals surface area contributed by atoms with Crippen molar-refractivity contribution >= 4 is 21.9 Å². The summed E-state index contributed by atoms with van der Waals surface area (Å²) in [6.07, 6.45) is 1.05. The van der Waals surface area contributed by atoms with Gasteiger partial charge in [0.25, 0.3) is 10.0 Å². The number of hydrogen-bond acceptors (Lipinski definition) is 6. The van der Waals surface area contributed by atoms with E-state index in [9.17, 15) is 18.5 Å². The van der Waals surface area contributed by atoms with Crippen LogP contribution in [-0.2, 0) is 16.6 Å². The molecule has 0 spiro atoms. The number of methoxy groups -OCH3 is 1. The van der Waals surface area contributed by atoms with Gasteiger partial charge in [-0.2, -0.15) is 12.8 Å². The third kappa shape index (κ3) is 5.50. The Kier molecular flexibility index (Phi) is 6.89. The van der Waals surface area contributed by atoms with Gasteiger partial charge in [0.05, 0.1) is 16.9 Å². The number of nitro benzene ring substituents is 1. The number of rotatable bonds is 8. The van der Waals surface area contributed by atoms with Gasteiger partial charge >= 0.3 is 5.69 Å². The highest BCUT2D eigenvalue weighted by atomic mass is 32.2.